The molecule has 0 N–H and O–H groups in total. The van der Waals surface area contributed by atoms with Crippen molar-refractivity contribution >= 4 is 5.78 Å². The van der Waals surface area contributed by atoms with Crippen molar-refractivity contribution in [3.8, 4) is 5.75 Å². The van der Waals surface area contributed by atoms with Gasteiger partial charge in [0.2, 0.25) is 5.76 Å². The van der Waals surface area contributed by atoms with E-state index in [1.54, 1.807) is 6.07 Å². The molecule has 0 spiro atoms. The Morgan fingerprint density at radius 2 is 2.45 bits per heavy atom. The van der Waals surface area contributed by atoms with Gasteiger partial charge in [-0.15, -0.1) is 0 Å². The lowest BCUT2D eigenvalue weighted by atomic mass is 10.3. The number of ether oxygens (including phenoxy) is 1. The van der Waals surface area contributed by atoms with Gasteiger partial charge < -0.3 is 9.15 Å². The van der Waals surface area contributed by atoms with E-state index in [2.05, 4.69) is 0 Å². The van der Waals surface area contributed by atoms with E-state index in [1.807, 2.05) is 6.92 Å². The number of furan rings is 1. The lowest BCUT2D eigenvalue weighted by Gasteiger charge is -1.98. The highest BCUT2D eigenvalue weighted by Crippen LogP contribution is 2.19. The molecule has 1 heterocycles. The Morgan fingerprint density at radius 3 is 3.00 bits per heavy atom. The quantitative estimate of drug-likeness (QED) is 0.624. The zero-order valence-electron chi connectivity index (χ0n) is 6.59. The first-order chi connectivity index (χ1) is 5.25. The molecule has 0 atom stereocenters. The first-order valence-corrected chi connectivity index (χ1v) is 3.47. The van der Waals surface area contributed by atoms with Crippen LogP contribution >= 0.6 is 0 Å². The number of ketones is 1. The van der Waals surface area contributed by atoms with Crippen LogP contribution in [0.5, 0.6) is 5.75 Å². The largest absolute Gasteiger partial charge is 0.490 e. The summed E-state index contributed by atoms with van der Waals surface area (Å²) in [4.78, 5) is 10.8. The van der Waals surface area contributed by atoms with Gasteiger partial charge in [0.05, 0.1) is 12.9 Å². The summed E-state index contributed by atoms with van der Waals surface area (Å²) in [5.74, 6) is 0.713. The molecule has 3 nitrogen and oxygen atoms in total. The molecule has 0 saturated heterocycles. The maximum absolute atomic E-state index is 10.8. The van der Waals surface area contributed by atoms with Gasteiger partial charge in [-0.1, -0.05) is 0 Å². The molecule has 1 rings (SSSR count). The van der Waals surface area contributed by atoms with Gasteiger partial charge in [0.15, 0.2) is 11.5 Å². The van der Waals surface area contributed by atoms with Crippen molar-refractivity contribution in [3.05, 3.63) is 18.1 Å². The monoisotopic (exact) mass is 154 g/mol. The molecule has 11 heavy (non-hydrogen) atoms. The number of carbonyl (C=O) groups is 1. The van der Waals surface area contributed by atoms with E-state index in [4.69, 9.17) is 9.15 Å². The third kappa shape index (κ3) is 1.61. The van der Waals surface area contributed by atoms with Crippen LogP contribution in [0.3, 0.4) is 0 Å². The van der Waals surface area contributed by atoms with E-state index in [-0.39, 0.29) is 5.78 Å². The highest BCUT2D eigenvalue weighted by atomic mass is 16.5. The fourth-order valence-corrected chi connectivity index (χ4v) is 0.823. The predicted molar refractivity (Wildman–Crippen MR) is 39.9 cm³/mol. The topological polar surface area (TPSA) is 39.4 Å². The molecule has 0 aliphatic carbocycles. The number of Topliss-reactive ketones (excluding diaryl/α,β-unsaturated/α-hetero) is 1. The molecule has 0 aliphatic heterocycles. The lowest BCUT2D eigenvalue weighted by molar-refractivity contribution is 0.0982. The first-order valence-electron chi connectivity index (χ1n) is 3.47. The summed E-state index contributed by atoms with van der Waals surface area (Å²) in [6.07, 6.45) is 1.45. The fraction of sp³-hybridized carbons (Fsp3) is 0.375. The van der Waals surface area contributed by atoms with Crippen LogP contribution < -0.4 is 4.74 Å². The molecular weight excluding hydrogens is 144 g/mol. The van der Waals surface area contributed by atoms with Crippen molar-refractivity contribution in [3.63, 3.8) is 0 Å². The minimum absolute atomic E-state index is 0.113. The molecule has 60 valence electrons. The van der Waals surface area contributed by atoms with Crippen molar-refractivity contribution in [2.24, 2.45) is 0 Å². The van der Waals surface area contributed by atoms with Crippen molar-refractivity contribution in [1.82, 2.24) is 0 Å². The molecule has 0 unspecified atom stereocenters. The number of hydrogen-bond donors (Lipinski definition) is 0. The second-order valence-electron chi connectivity index (χ2n) is 2.10. The highest BCUT2D eigenvalue weighted by Gasteiger charge is 2.10. The zero-order chi connectivity index (χ0) is 8.27. The van der Waals surface area contributed by atoms with Gasteiger partial charge >= 0.3 is 0 Å². The highest BCUT2D eigenvalue weighted by molar-refractivity contribution is 5.93. The smallest absolute Gasteiger partial charge is 0.210 e. The summed E-state index contributed by atoms with van der Waals surface area (Å²) < 4.78 is 10.0. The van der Waals surface area contributed by atoms with Crippen LogP contribution in [-0.4, -0.2) is 12.4 Å². The third-order valence-corrected chi connectivity index (χ3v) is 1.25. The Morgan fingerprint density at radius 1 is 1.73 bits per heavy atom. The maximum atomic E-state index is 10.8. The normalized spacial score (nSPS) is 9.64. The Kier molecular flexibility index (Phi) is 2.31. The zero-order valence-corrected chi connectivity index (χ0v) is 6.59. The van der Waals surface area contributed by atoms with Crippen molar-refractivity contribution < 1.29 is 13.9 Å². The Balaban J connectivity index is 2.87. The van der Waals surface area contributed by atoms with Gasteiger partial charge in [-0.05, 0) is 6.92 Å². The van der Waals surface area contributed by atoms with E-state index < -0.39 is 0 Å². The fourth-order valence-electron chi connectivity index (χ4n) is 0.823. The molecule has 1 aromatic rings. The van der Waals surface area contributed by atoms with Crippen molar-refractivity contribution in [2.45, 2.75) is 13.8 Å². The average Bonchev–Trinajstić information content (AvgIpc) is 2.36. The Hall–Kier alpha value is -1.25. The average molecular weight is 154 g/mol. The molecular formula is C8H10O3. The third-order valence-electron chi connectivity index (χ3n) is 1.25. The summed E-state index contributed by atoms with van der Waals surface area (Å²) in [5.41, 5.74) is 0. The molecule has 0 fully saturated rings. The lowest BCUT2D eigenvalue weighted by Crippen LogP contribution is -1.96. The van der Waals surface area contributed by atoms with E-state index in [9.17, 15) is 4.79 Å². The summed E-state index contributed by atoms with van der Waals surface area (Å²) in [6, 6.07) is 1.64. The summed E-state index contributed by atoms with van der Waals surface area (Å²) in [5, 5.41) is 0. The van der Waals surface area contributed by atoms with Crippen LogP contribution in [0.2, 0.25) is 0 Å². The first kappa shape index (κ1) is 7.85. The minimum Gasteiger partial charge on any atom is -0.490 e. The maximum Gasteiger partial charge on any atom is 0.210 e. The summed E-state index contributed by atoms with van der Waals surface area (Å²) in [6.45, 7) is 3.85. The summed E-state index contributed by atoms with van der Waals surface area (Å²) >= 11 is 0. The van der Waals surface area contributed by atoms with Crippen molar-refractivity contribution in [2.75, 3.05) is 6.61 Å². The predicted octanol–water partition coefficient (Wildman–Crippen LogP) is 1.88. The Labute approximate surface area is 65.0 Å². The van der Waals surface area contributed by atoms with E-state index in [0.29, 0.717) is 18.1 Å². The van der Waals surface area contributed by atoms with Gasteiger partial charge in [0, 0.05) is 13.0 Å². The number of hydrogen-bond acceptors (Lipinski definition) is 3. The van der Waals surface area contributed by atoms with Crippen LogP contribution in [0.4, 0.5) is 0 Å². The van der Waals surface area contributed by atoms with Crippen LogP contribution in [-0.2, 0) is 0 Å². The molecule has 0 saturated carbocycles. The van der Waals surface area contributed by atoms with Gasteiger partial charge in [0.25, 0.3) is 0 Å². The SMILES string of the molecule is CCOc1ccoc1C(C)=O. The van der Waals surface area contributed by atoms with Crippen LogP contribution in [0, 0.1) is 0 Å². The van der Waals surface area contributed by atoms with Crippen molar-refractivity contribution in [1.29, 1.82) is 0 Å². The second-order valence-corrected chi connectivity index (χ2v) is 2.10. The van der Waals surface area contributed by atoms with Crippen LogP contribution in [0.1, 0.15) is 24.4 Å². The molecule has 0 aromatic carbocycles. The van der Waals surface area contributed by atoms with E-state index in [1.165, 1.54) is 13.2 Å². The number of carbonyl (C=O) groups excluding carboxylic acids is 1. The van der Waals surface area contributed by atoms with Gasteiger partial charge in [-0.3, -0.25) is 4.79 Å². The molecule has 1 aromatic heterocycles. The van der Waals surface area contributed by atoms with Gasteiger partial charge in [-0.2, -0.15) is 0 Å². The van der Waals surface area contributed by atoms with Gasteiger partial charge in [-0.25, -0.2) is 0 Å². The van der Waals surface area contributed by atoms with E-state index in [0.717, 1.165) is 0 Å². The minimum atomic E-state index is -0.113. The molecule has 0 amide bonds. The van der Waals surface area contributed by atoms with Crippen LogP contribution in [0.25, 0.3) is 0 Å². The standard InChI is InChI=1S/C8H10O3/c1-3-10-7-4-5-11-8(7)6(2)9/h4-5H,3H2,1-2H3. The molecule has 0 radical (unpaired) electrons. The number of rotatable bonds is 3. The van der Waals surface area contributed by atoms with Crippen LogP contribution in [0.15, 0.2) is 16.7 Å². The molecule has 0 bridgehead atoms. The Bertz CT molecular complexity index is 250. The summed E-state index contributed by atoms with van der Waals surface area (Å²) in [7, 11) is 0. The van der Waals surface area contributed by atoms with E-state index >= 15 is 0 Å². The molecule has 0 aliphatic rings. The second kappa shape index (κ2) is 3.23. The molecule has 3 heteroatoms. The van der Waals surface area contributed by atoms with Gasteiger partial charge in [0.1, 0.15) is 0 Å².